The molecule has 2 aromatic heterocycles. The van der Waals surface area contributed by atoms with Gasteiger partial charge in [-0.2, -0.15) is 0 Å². The van der Waals surface area contributed by atoms with Crippen LogP contribution in [0.1, 0.15) is 43.5 Å². The zero-order valence-corrected chi connectivity index (χ0v) is 21.2. The van der Waals surface area contributed by atoms with Gasteiger partial charge >= 0.3 is 5.91 Å². The Morgan fingerprint density at radius 1 is 1.08 bits per heavy atom. The molecule has 2 aromatic carbocycles. The second-order valence-corrected chi connectivity index (χ2v) is 11.0. The first-order chi connectivity index (χ1) is 17.7. The highest BCUT2D eigenvalue weighted by atomic mass is 32.1. The van der Waals surface area contributed by atoms with E-state index in [0.29, 0.717) is 27.8 Å². The standard InChI is InChI=1S/C28H23N3O5S/c1-28(2,3)17-7-8-18-21(12-17)37-27(30-18)31-23(16-5-4-10-29-13-16)22(25(33)26(31)34)24(32)15-6-9-19-20(11-15)36-14-35-19/h4-13,23,32H,14H2,1-3H3/b24-22+. The van der Waals surface area contributed by atoms with Gasteiger partial charge in [-0.25, -0.2) is 4.98 Å². The lowest BCUT2D eigenvalue weighted by atomic mass is 9.87. The summed E-state index contributed by atoms with van der Waals surface area (Å²) >= 11 is 1.34. The van der Waals surface area contributed by atoms with Crippen LogP contribution in [-0.4, -0.2) is 33.6 Å². The third kappa shape index (κ3) is 3.82. The van der Waals surface area contributed by atoms with Crippen molar-refractivity contribution in [2.45, 2.75) is 32.2 Å². The second-order valence-electron chi connectivity index (χ2n) is 9.95. The molecule has 6 rings (SSSR count). The van der Waals surface area contributed by atoms with E-state index < -0.39 is 17.7 Å². The molecule has 1 atom stereocenters. The van der Waals surface area contributed by atoms with Gasteiger partial charge in [0.05, 0.1) is 21.8 Å². The van der Waals surface area contributed by atoms with Crippen LogP contribution in [0.4, 0.5) is 5.13 Å². The monoisotopic (exact) mass is 513 g/mol. The topological polar surface area (TPSA) is 102 Å². The number of Topliss-reactive ketones (excluding diaryl/α,β-unsaturated/α-hetero) is 1. The van der Waals surface area contributed by atoms with E-state index in [4.69, 9.17) is 14.5 Å². The maximum atomic E-state index is 13.5. The molecule has 1 amide bonds. The Morgan fingerprint density at radius 2 is 1.89 bits per heavy atom. The number of rotatable bonds is 3. The van der Waals surface area contributed by atoms with Crippen molar-refractivity contribution in [3.8, 4) is 11.5 Å². The highest BCUT2D eigenvalue weighted by molar-refractivity contribution is 7.22. The maximum Gasteiger partial charge on any atom is 0.301 e. The molecule has 2 aliphatic heterocycles. The molecule has 0 spiro atoms. The largest absolute Gasteiger partial charge is 0.507 e. The van der Waals surface area contributed by atoms with Crippen LogP contribution >= 0.6 is 11.3 Å². The van der Waals surface area contributed by atoms with E-state index in [1.807, 2.05) is 12.1 Å². The minimum absolute atomic E-state index is 0.0356. The number of anilines is 1. The van der Waals surface area contributed by atoms with Gasteiger partial charge in [-0.3, -0.25) is 19.5 Å². The summed E-state index contributed by atoms with van der Waals surface area (Å²) in [7, 11) is 0. The van der Waals surface area contributed by atoms with E-state index in [2.05, 4.69) is 31.8 Å². The van der Waals surface area contributed by atoms with Crippen molar-refractivity contribution in [1.82, 2.24) is 9.97 Å². The van der Waals surface area contributed by atoms with E-state index in [1.54, 1.807) is 42.7 Å². The highest BCUT2D eigenvalue weighted by Crippen LogP contribution is 2.45. The van der Waals surface area contributed by atoms with Gasteiger partial charge in [0.2, 0.25) is 6.79 Å². The number of aromatic nitrogens is 2. The van der Waals surface area contributed by atoms with Gasteiger partial charge in [-0.05, 0) is 52.9 Å². The molecule has 9 heteroatoms. The Balaban J connectivity index is 1.52. The summed E-state index contributed by atoms with van der Waals surface area (Å²) in [6.07, 6.45) is 3.20. The molecule has 1 fully saturated rings. The fourth-order valence-corrected chi connectivity index (χ4v) is 5.60. The summed E-state index contributed by atoms with van der Waals surface area (Å²) < 4.78 is 11.7. The van der Waals surface area contributed by atoms with Crippen LogP contribution in [0.3, 0.4) is 0 Å². The van der Waals surface area contributed by atoms with E-state index in [-0.39, 0.29) is 23.5 Å². The molecule has 37 heavy (non-hydrogen) atoms. The van der Waals surface area contributed by atoms with Crippen LogP contribution in [0.2, 0.25) is 0 Å². The lowest BCUT2D eigenvalue weighted by Crippen LogP contribution is -2.29. The lowest BCUT2D eigenvalue weighted by molar-refractivity contribution is -0.132. The molecule has 8 nitrogen and oxygen atoms in total. The molecule has 186 valence electrons. The Labute approximate surface area is 216 Å². The number of benzene rings is 2. The average molecular weight is 514 g/mol. The number of ketones is 1. The molecule has 1 unspecified atom stereocenters. The molecular formula is C28H23N3O5S. The number of hydrogen-bond acceptors (Lipinski definition) is 8. The number of ether oxygens (including phenoxy) is 2. The van der Waals surface area contributed by atoms with Crippen LogP contribution in [0.15, 0.2) is 66.5 Å². The van der Waals surface area contributed by atoms with Crippen molar-refractivity contribution >= 4 is 44.1 Å². The molecule has 1 saturated heterocycles. The number of aliphatic hydroxyl groups excluding tert-OH is 1. The molecule has 0 saturated carbocycles. The fourth-order valence-electron chi connectivity index (χ4n) is 4.56. The van der Waals surface area contributed by atoms with Gasteiger partial charge < -0.3 is 14.6 Å². The summed E-state index contributed by atoms with van der Waals surface area (Å²) in [4.78, 5) is 37.1. The van der Waals surface area contributed by atoms with Crippen molar-refractivity contribution in [2.24, 2.45) is 0 Å². The molecule has 2 aliphatic rings. The van der Waals surface area contributed by atoms with Gasteiger partial charge in [-0.1, -0.05) is 44.2 Å². The molecule has 4 heterocycles. The minimum atomic E-state index is -0.901. The van der Waals surface area contributed by atoms with Crippen molar-refractivity contribution < 1.29 is 24.2 Å². The SMILES string of the molecule is CC(C)(C)c1ccc2nc(N3C(=O)C(=O)/C(=C(/O)c4ccc5c(c4)OCO5)C3c3cccnc3)sc2c1. The van der Waals surface area contributed by atoms with E-state index in [1.165, 1.54) is 16.2 Å². The normalized spacial score (nSPS) is 18.7. The number of carbonyl (C=O) groups is 2. The van der Waals surface area contributed by atoms with Gasteiger partial charge in [0.25, 0.3) is 5.78 Å². The number of pyridine rings is 1. The highest BCUT2D eigenvalue weighted by Gasteiger charge is 2.48. The van der Waals surface area contributed by atoms with E-state index in [0.717, 1.165) is 15.8 Å². The summed E-state index contributed by atoms with van der Waals surface area (Å²) in [5.41, 5.74) is 2.71. The van der Waals surface area contributed by atoms with Crippen LogP contribution in [-0.2, 0) is 15.0 Å². The van der Waals surface area contributed by atoms with Crippen molar-refractivity contribution in [1.29, 1.82) is 0 Å². The van der Waals surface area contributed by atoms with Crippen molar-refractivity contribution in [2.75, 3.05) is 11.7 Å². The summed E-state index contributed by atoms with van der Waals surface area (Å²) in [6.45, 7) is 6.47. The second kappa shape index (κ2) is 8.41. The quantitative estimate of drug-likeness (QED) is 0.224. The van der Waals surface area contributed by atoms with Gasteiger partial charge in [0.15, 0.2) is 16.6 Å². The number of hydrogen-bond donors (Lipinski definition) is 1. The zero-order chi connectivity index (χ0) is 25.9. The summed E-state index contributed by atoms with van der Waals surface area (Å²) in [5, 5.41) is 11.7. The lowest BCUT2D eigenvalue weighted by Gasteiger charge is -2.22. The Hall–Kier alpha value is -4.24. The number of amides is 1. The Kier molecular flexibility index (Phi) is 5.27. The molecular weight excluding hydrogens is 490 g/mol. The predicted molar refractivity (Wildman–Crippen MR) is 140 cm³/mol. The van der Waals surface area contributed by atoms with Crippen LogP contribution in [0.25, 0.3) is 16.0 Å². The maximum absolute atomic E-state index is 13.5. The molecule has 0 bridgehead atoms. The minimum Gasteiger partial charge on any atom is -0.507 e. The van der Waals surface area contributed by atoms with Crippen molar-refractivity contribution in [3.63, 3.8) is 0 Å². The first-order valence-electron chi connectivity index (χ1n) is 11.7. The van der Waals surface area contributed by atoms with Crippen LogP contribution < -0.4 is 14.4 Å². The third-order valence-electron chi connectivity index (χ3n) is 6.54. The zero-order valence-electron chi connectivity index (χ0n) is 20.4. The van der Waals surface area contributed by atoms with Crippen molar-refractivity contribution in [3.05, 3.63) is 83.2 Å². The number of carbonyl (C=O) groups excluding carboxylic acids is 2. The first-order valence-corrected chi connectivity index (χ1v) is 12.6. The Bertz CT molecular complexity index is 1600. The Morgan fingerprint density at radius 3 is 2.65 bits per heavy atom. The van der Waals surface area contributed by atoms with E-state index >= 15 is 0 Å². The average Bonchev–Trinajstić information content (AvgIpc) is 3.59. The van der Waals surface area contributed by atoms with Crippen LogP contribution in [0, 0.1) is 0 Å². The number of fused-ring (bicyclic) bond motifs is 2. The molecule has 4 aromatic rings. The van der Waals surface area contributed by atoms with Gasteiger partial charge in [0, 0.05) is 18.0 Å². The molecule has 0 radical (unpaired) electrons. The fraction of sp³-hybridized carbons (Fsp3) is 0.214. The summed E-state index contributed by atoms with van der Waals surface area (Å²) in [5.74, 6) is -0.851. The summed E-state index contributed by atoms with van der Waals surface area (Å²) in [6, 6.07) is 13.5. The first kappa shape index (κ1) is 23.2. The number of thiazole rings is 1. The number of aliphatic hydroxyl groups is 1. The third-order valence-corrected chi connectivity index (χ3v) is 7.56. The smallest absolute Gasteiger partial charge is 0.301 e. The number of nitrogens with zero attached hydrogens (tertiary/aromatic N) is 3. The van der Waals surface area contributed by atoms with E-state index in [9.17, 15) is 14.7 Å². The van der Waals surface area contributed by atoms with Crippen LogP contribution in [0.5, 0.6) is 11.5 Å². The van der Waals surface area contributed by atoms with Gasteiger partial charge in [0.1, 0.15) is 5.76 Å². The van der Waals surface area contributed by atoms with Gasteiger partial charge in [-0.15, -0.1) is 0 Å². The molecule has 0 aliphatic carbocycles. The predicted octanol–water partition coefficient (Wildman–Crippen LogP) is 5.34. The molecule has 1 N–H and O–H groups in total.